The Hall–Kier alpha value is -2.63. The van der Waals surface area contributed by atoms with Gasteiger partial charge < -0.3 is 24.6 Å². The van der Waals surface area contributed by atoms with Crippen LogP contribution >= 0.6 is 11.6 Å². The zero-order valence-electron chi connectivity index (χ0n) is 26.5. The highest BCUT2D eigenvalue weighted by Crippen LogP contribution is 2.46. The Labute approximate surface area is 277 Å². The third-order valence-corrected chi connectivity index (χ3v) is 12.8. The normalized spacial score (nSPS) is 32.2. The van der Waals surface area contributed by atoms with Gasteiger partial charge in [-0.2, -0.15) is 0 Å². The molecule has 0 aromatic heterocycles. The van der Waals surface area contributed by atoms with Crippen molar-refractivity contribution in [2.24, 2.45) is 17.8 Å². The molecule has 46 heavy (non-hydrogen) atoms. The van der Waals surface area contributed by atoms with Crippen LogP contribution in [0.3, 0.4) is 0 Å². The first-order valence-electron chi connectivity index (χ1n) is 16.4. The molecule has 2 aromatic rings. The van der Waals surface area contributed by atoms with E-state index in [4.69, 9.17) is 21.1 Å². The van der Waals surface area contributed by atoms with E-state index in [1.54, 1.807) is 31.2 Å². The van der Waals surface area contributed by atoms with Gasteiger partial charge >= 0.3 is 0 Å². The summed E-state index contributed by atoms with van der Waals surface area (Å²) in [5.74, 6) is -0.224. The summed E-state index contributed by atoms with van der Waals surface area (Å²) in [5.41, 5.74) is 3.12. The number of hydrogen-bond donors (Lipinski definition) is 3. The number of fused-ring (bicyclic) bond motifs is 4. The van der Waals surface area contributed by atoms with Gasteiger partial charge in [0.15, 0.2) is 0 Å². The van der Waals surface area contributed by atoms with Crippen molar-refractivity contribution in [2.75, 3.05) is 38.3 Å². The number of aliphatic hydroxyl groups excluding tert-OH is 2. The van der Waals surface area contributed by atoms with Crippen molar-refractivity contribution in [3.05, 3.63) is 70.3 Å². The van der Waals surface area contributed by atoms with E-state index >= 15 is 0 Å². The number of hydrogen-bond acceptors (Lipinski definition) is 8. The molecule has 7 atom stereocenters. The fourth-order valence-electron chi connectivity index (χ4n) is 7.99. The van der Waals surface area contributed by atoms with Crippen molar-refractivity contribution in [1.29, 1.82) is 0 Å². The number of aryl methyl sites for hydroxylation is 1. The summed E-state index contributed by atoms with van der Waals surface area (Å²) >= 11 is 6.40. The number of halogens is 1. The van der Waals surface area contributed by atoms with Gasteiger partial charge in [0.1, 0.15) is 5.75 Å². The van der Waals surface area contributed by atoms with E-state index in [1.807, 2.05) is 12.1 Å². The second-order valence-electron chi connectivity index (χ2n) is 13.8. The molecule has 1 fully saturated rings. The van der Waals surface area contributed by atoms with Crippen LogP contribution in [0.1, 0.15) is 66.9 Å². The van der Waals surface area contributed by atoms with Crippen molar-refractivity contribution in [3.63, 3.8) is 0 Å². The second kappa shape index (κ2) is 13.5. The SMILES string of the molecule is COC[C@@H](O)C[C@@H]1[C@@H](C)C/C=C/[C@H](O)C2CCC2CN2CC3(CCCc4cc(Cl)ccc43)COc3ccc(cc32)C(=O)NS1(=O)=O. The molecule has 0 saturated heterocycles. The van der Waals surface area contributed by atoms with Crippen LogP contribution in [-0.4, -0.2) is 75.4 Å². The number of nitrogens with one attached hydrogen (secondary N) is 1. The molecule has 250 valence electrons. The number of nitrogens with zero attached hydrogens (tertiary/aromatic N) is 1. The second-order valence-corrected chi connectivity index (χ2v) is 16.1. The largest absolute Gasteiger partial charge is 0.490 e. The number of carbonyl (C=O) groups is 1. The Balaban J connectivity index is 1.40. The monoisotopic (exact) mass is 672 g/mol. The average molecular weight is 673 g/mol. The maximum atomic E-state index is 13.7. The summed E-state index contributed by atoms with van der Waals surface area (Å²) in [5, 5.41) is 21.4. The highest BCUT2D eigenvalue weighted by atomic mass is 35.5. The number of benzene rings is 2. The molecule has 9 nitrogen and oxygen atoms in total. The van der Waals surface area contributed by atoms with E-state index in [0.717, 1.165) is 37.8 Å². The van der Waals surface area contributed by atoms with Crippen molar-refractivity contribution in [3.8, 4) is 5.75 Å². The average Bonchev–Trinajstić information content (AvgIpc) is 3.14. The van der Waals surface area contributed by atoms with Gasteiger partial charge in [-0.1, -0.05) is 36.7 Å². The lowest BCUT2D eigenvalue weighted by atomic mass is 9.68. The molecule has 2 bridgehead atoms. The molecular weight excluding hydrogens is 628 g/mol. The smallest absolute Gasteiger partial charge is 0.264 e. The van der Waals surface area contributed by atoms with Crippen molar-refractivity contribution in [1.82, 2.24) is 4.72 Å². The van der Waals surface area contributed by atoms with Crippen LogP contribution in [-0.2, 0) is 26.6 Å². The molecule has 2 heterocycles. The molecule has 2 aliphatic heterocycles. The number of anilines is 1. The predicted molar refractivity (Wildman–Crippen MR) is 178 cm³/mol. The lowest BCUT2D eigenvalue weighted by Crippen LogP contribution is -2.49. The fourth-order valence-corrected chi connectivity index (χ4v) is 9.91. The minimum absolute atomic E-state index is 0.0238. The van der Waals surface area contributed by atoms with E-state index in [9.17, 15) is 23.4 Å². The molecule has 3 N–H and O–H groups in total. The molecule has 2 aliphatic carbocycles. The third-order valence-electron chi connectivity index (χ3n) is 10.6. The lowest BCUT2D eigenvalue weighted by molar-refractivity contribution is 0.0455. The van der Waals surface area contributed by atoms with Gasteiger partial charge in [0, 0.05) is 36.2 Å². The van der Waals surface area contributed by atoms with E-state index < -0.39 is 39.3 Å². The Morgan fingerprint density at radius 1 is 1.22 bits per heavy atom. The number of aliphatic hydroxyl groups is 2. The molecule has 1 spiro atoms. The first kappa shape index (κ1) is 33.3. The minimum Gasteiger partial charge on any atom is -0.490 e. The number of rotatable bonds is 4. The van der Waals surface area contributed by atoms with Crippen molar-refractivity contribution < 1.29 is 32.9 Å². The first-order chi connectivity index (χ1) is 22.0. The highest BCUT2D eigenvalue weighted by Gasteiger charge is 2.44. The predicted octanol–water partition coefficient (Wildman–Crippen LogP) is 4.62. The maximum absolute atomic E-state index is 13.7. The third kappa shape index (κ3) is 6.69. The standard InChI is InChI=1S/C35H45ClN2O7S/c1-22-5-3-7-31(40)28-11-8-25(28)18-38-20-35(14-4-6-23-15-26(36)10-12-29(23)35)21-45-32-13-9-24(16-30(32)38)34(41)37-46(42,43)33(22)17-27(39)19-44-2/h3,7,9-10,12-13,15-16,22,25,27-28,31,33,39-40H,4-6,8,11,14,17-21H2,1-2H3,(H,37,41)/b7-3+/t22-,25?,27-,28?,31-,33+,35?/m0/s1. The van der Waals surface area contributed by atoms with Gasteiger partial charge in [-0.15, -0.1) is 0 Å². The molecule has 3 unspecified atom stereocenters. The van der Waals surface area contributed by atoms with E-state index in [2.05, 4.69) is 21.8 Å². The number of carbonyl (C=O) groups excluding carboxylic acids is 1. The van der Waals surface area contributed by atoms with Gasteiger partial charge in [-0.05, 0) is 104 Å². The van der Waals surface area contributed by atoms with Gasteiger partial charge in [0.05, 0.1) is 36.4 Å². The molecule has 2 aromatic carbocycles. The van der Waals surface area contributed by atoms with Crippen LogP contribution in [0, 0.1) is 17.8 Å². The molecule has 6 rings (SSSR count). The molecule has 4 aliphatic rings. The number of amides is 1. The number of allylic oxidation sites excluding steroid dienone is 1. The molecule has 0 radical (unpaired) electrons. The molecule has 1 saturated carbocycles. The van der Waals surface area contributed by atoms with Gasteiger partial charge in [0.25, 0.3) is 5.91 Å². The van der Waals surface area contributed by atoms with Crippen molar-refractivity contribution >= 4 is 33.2 Å². The Morgan fingerprint density at radius 3 is 2.80 bits per heavy atom. The Morgan fingerprint density at radius 2 is 2.04 bits per heavy atom. The van der Waals surface area contributed by atoms with Crippen LogP contribution in [0.4, 0.5) is 5.69 Å². The van der Waals surface area contributed by atoms with Crippen LogP contribution in [0.15, 0.2) is 48.6 Å². The van der Waals surface area contributed by atoms with Gasteiger partial charge in [-0.3, -0.25) is 4.79 Å². The minimum atomic E-state index is -4.20. The van der Waals surface area contributed by atoms with E-state index in [1.165, 1.54) is 18.2 Å². The maximum Gasteiger partial charge on any atom is 0.264 e. The summed E-state index contributed by atoms with van der Waals surface area (Å²) in [6, 6.07) is 11.2. The summed E-state index contributed by atoms with van der Waals surface area (Å²) < 4.78 is 41.3. The highest BCUT2D eigenvalue weighted by molar-refractivity contribution is 7.90. The molecular formula is C35H45ClN2O7S. The topological polar surface area (TPSA) is 125 Å². The quantitative estimate of drug-likeness (QED) is 0.402. The zero-order chi connectivity index (χ0) is 32.6. The van der Waals surface area contributed by atoms with Gasteiger partial charge in [0.2, 0.25) is 10.0 Å². The Kier molecular flexibility index (Phi) is 9.75. The van der Waals surface area contributed by atoms with Crippen LogP contribution in [0.25, 0.3) is 0 Å². The summed E-state index contributed by atoms with van der Waals surface area (Å²) in [6.45, 7) is 3.56. The van der Waals surface area contributed by atoms with Gasteiger partial charge in [-0.25, -0.2) is 13.1 Å². The first-order valence-corrected chi connectivity index (χ1v) is 18.3. The van der Waals surface area contributed by atoms with E-state index in [0.29, 0.717) is 36.9 Å². The Bertz CT molecular complexity index is 1580. The number of methoxy groups -OCH3 is 1. The number of sulfonamides is 1. The number of ether oxygens (including phenoxy) is 2. The summed E-state index contributed by atoms with van der Waals surface area (Å²) in [7, 11) is -2.76. The van der Waals surface area contributed by atoms with E-state index in [-0.39, 0.29) is 35.8 Å². The summed E-state index contributed by atoms with van der Waals surface area (Å²) in [4.78, 5) is 15.9. The van der Waals surface area contributed by atoms with Crippen molar-refractivity contribution in [2.45, 2.75) is 74.7 Å². The van der Waals surface area contributed by atoms with Crippen LogP contribution in [0.5, 0.6) is 5.75 Å². The van der Waals surface area contributed by atoms with Crippen LogP contribution in [0.2, 0.25) is 5.02 Å². The molecule has 1 amide bonds. The molecule has 11 heteroatoms. The van der Waals surface area contributed by atoms with Crippen LogP contribution < -0.4 is 14.4 Å². The summed E-state index contributed by atoms with van der Waals surface area (Å²) in [6.07, 6.45) is 6.98. The lowest BCUT2D eigenvalue weighted by Gasteiger charge is -2.45. The zero-order valence-corrected chi connectivity index (χ0v) is 28.1. The fraction of sp³-hybridized carbons (Fsp3) is 0.571.